The van der Waals surface area contributed by atoms with Crippen LogP contribution in [0.4, 0.5) is 0 Å². The summed E-state index contributed by atoms with van der Waals surface area (Å²) in [5, 5.41) is 3.78. The van der Waals surface area contributed by atoms with Crippen LogP contribution in [0.25, 0.3) is 11.0 Å². The molecule has 0 saturated heterocycles. The van der Waals surface area contributed by atoms with Gasteiger partial charge in [-0.3, -0.25) is 4.79 Å². The second-order valence-corrected chi connectivity index (χ2v) is 7.07. The normalized spacial score (nSPS) is 11.2. The van der Waals surface area contributed by atoms with Gasteiger partial charge >= 0.3 is 0 Å². The van der Waals surface area contributed by atoms with Crippen molar-refractivity contribution in [3.8, 4) is 0 Å². The van der Waals surface area contributed by atoms with E-state index in [-0.39, 0.29) is 12.0 Å². The van der Waals surface area contributed by atoms with Crippen LogP contribution in [0, 0.1) is 0 Å². The summed E-state index contributed by atoms with van der Waals surface area (Å²) in [5.74, 6) is 0.0922. The predicted molar refractivity (Wildman–Crippen MR) is 101 cm³/mol. The SMILES string of the molecule is CC(C)OCc1ccc(CNC(=O)c2cc3cc(Br)ccc3o2)cc1. The van der Waals surface area contributed by atoms with Gasteiger partial charge < -0.3 is 14.5 Å². The molecule has 1 amide bonds. The van der Waals surface area contributed by atoms with Crippen molar-refractivity contribution in [2.24, 2.45) is 0 Å². The number of amides is 1. The molecular formula is C20H20BrNO3. The Kier molecular flexibility index (Phi) is 5.56. The third-order valence-electron chi connectivity index (χ3n) is 3.76. The number of fused-ring (bicyclic) bond motifs is 1. The summed E-state index contributed by atoms with van der Waals surface area (Å²) >= 11 is 3.41. The van der Waals surface area contributed by atoms with Gasteiger partial charge in [0.2, 0.25) is 0 Å². The van der Waals surface area contributed by atoms with Gasteiger partial charge in [0, 0.05) is 16.4 Å². The summed E-state index contributed by atoms with van der Waals surface area (Å²) in [4.78, 5) is 12.3. The Bertz CT molecular complexity index is 868. The summed E-state index contributed by atoms with van der Waals surface area (Å²) in [6.45, 7) is 5.07. The number of ether oxygens (including phenoxy) is 1. The third kappa shape index (κ3) is 4.71. The number of nitrogens with one attached hydrogen (secondary N) is 1. The lowest BCUT2D eigenvalue weighted by atomic mass is 10.1. The summed E-state index contributed by atoms with van der Waals surface area (Å²) in [5.41, 5.74) is 2.84. The molecule has 0 bridgehead atoms. The van der Waals surface area contributed by atoms with Crippen LogP contribution in [0.15, 0.2) is 57.4 Å². The first kappa shape index (κ1) is 17.7. The molecule has 2 aromatic carbocycles. The number of carbonyl (C=O) groups is 1. The van der Waals surface area contributed by atoms with Crippen molar-refractivity contribution < 1.29 is 13.9 Å². The van der Waals surface area contributed by atoms with Gasteiger partial charge in [0.25, 0.3) is 5.91 Å². The largest absolute Gasteiger partial charge is 0.451 e. The van der Waals surface area contributed by atoms with E-state index in [9.17, 15) is 4.79 Å². The number of carbonyl (C=O) groups excluding carboxylic acids is 1. The van der Waals surface area contributed by atoms with E-state index in [2.05, 4.69) is 21.2 Å². The zero-order valence-electron chi connectivity index (χ0n) is 14.2. The molecule has 1 aromatic heterocycles. The van der Waals surface area contributed by atoms with Gasteiger partial charge in [-0.25, -0.2) is 0 Å². The van der Waals surface area contributed by atoms with Crippen molar-refractivity contribution in [1.29, 1.82) is 0 Å². The molecule has 0 aliphatic rings. The van der Waals surface area contributed by atoms with E-state index in [1.54, 1.807) is 6.07 Å². The van der Waals surface area contributed by atoms with Gasteiger partial charge in [-0.05, 0) is 49.2 Å². The maximum atomic E-state index is 12.3. The Morgan fingerprint density at radius 2 is 1.84 bits per heavy atom. The van der Waals surface area contributed by atoms with Crippen molar-refractivity contribution in [3.63, 3.8) is 0 Å². The molecule has 4 nitrogen and oxygen atoms in total. The minimum absolute atomic E-state index is 0.211. The summed E-state index contributed by atoms with van der Waals surface area (Å²) in [7, 11) is 0. The average Bonchev–Trinajstić information content (AvgIpc) is 3.02. The number of hydrogen-bond donors (Lipinski definition) is 1. The Morgan fingerprint density at radius 3 is 2.56 bits per heavy atom. The lowest BCUT2D eigenvalue weighted by Crippen LogP contribution is -2.22. The fraction of sp³-hybridized carbons (Fsp3) is 0.250. The summed E-state index contributed by atoms with van der Waals surface area (Å²) < 4.78 is 12.1. The lowest BCUT2D eigenvalue weighted by Gasteiger charge is -2.08. The van der Waals surface area contributed by atoms with Crippen LogP contribution < -0.4 is 5.32 Å². The van der Waals surface area contributed by atoms with Crippen LogP contribution in [0.2, 0.25) is 0 Å². The molecule has 1 N–H and O–H groups in total. The van der Waals surface area contributed by atoms with Crippen LogP contribution >= 0.6 is 15.9 Å². The van der Waals surface area contributed by atoms with Crippen LogP contribution in [-0.4, -0.2) is 12.0 Å². The minimum atomic E-state index is -0.223. The number of benzene rings is 2. The quantitative estimate of drug-likeness (QED) is 0.628. The van der Waals surface area contributed by atoms with Crippen LogP contribution in [0.3, 0.4) is 0 Å². The van der Waals surface area contributed by atoms with E-state index in [0.29, 0.717) is 24.5 Å². The van der Waals surface area contributed by atoms with E-state index in [4.69, 9.17) is 9.15 Å². The first-order valence-electron chi connectivity index (χ1n) is 8.18. The third-order valence-corrected chi connectivity index (χ3v) is 4.25. The predicted octanol–water partition coefficient (Wildman–Crippen LogP) is 5.05. The highest BCUT2D eigenvalue weighted by atomic mass is 79.9. The second-order valence-electron chi connectivity index (χ2n) is 6.15. The van der Waals surface area contributed by atoms with E-state index < -0.39 is 0 Å². The van der Waals surface area contributed by atoms with E-state index >= 15 is 0 Å². The molecule has 0 radical (unpaired) electrons. The monoisotopic (exact) mass is 401 g/mol. The van der Waals surface area contributed by atoms with Gasteiger partial charge in [-0.2, -0.15) is 0 Å². The molecular weight excluding hydrogens is 382 g/mol. The van der Waals surface area contributed by atoms with Crippen LogP contribution in [0.5, 0.6) is 0 Å². The Hall–Kier alpha value is -2.11. The molecule has 0 aliphatic carbocycles. The number of halogens is 1. The number of hydrogen-bond acceptors (Lipinski definition) is 3. The molecule has 130 valence electrons. The Morgan fingerprint density at radius 1 is 1.12 bits per heavy atom. The highest BCUT2D eigenvalue weighted by Crippen LogP contribution is 2.23. The first-order valence-corrected chi connectivity index (χ1v) is 8.97. The lowest BCUT2D eigenvalue weighted by molar-refractivity contribution is 0.0657. The topological polar surface area (TPSA) is 51.5 Å². The molecule has 0 spiro atoms. The molecule has 1 heterocycles. The molecule has 3 aromatic rings. The second kappa shape index (κ2) is 7.85. The van der Waals surface area contributed by atoms with Crippen molar-refractivity contribution in [2.75, 3.05) is 0 Å². The highest BCUT2D eigenvalue weighted by molar-refractivity contribution is 9.10. The smallest absolute Gasteiger partial charge is 0.287 e. The van der Waals surface area contributed by atoms with Crippen LogP contribution in [-0.2, 0) is 17.9 Å². The average molecular weight is 402 g/mol. The number of furan rings is 1. The maximum Gasteiger partial charge on any atom is 0.287 e. The van der Waals surface area contributed by atoms with Gasteiger partial charge in [0.05, 0.1) is 12.7 Å². The highest BCUT2D eigenvalue weighted by Gasteiger charge is 2.12. The van der Waals surface area contributed by atoms with Gasteiger partial charge in [-0.1, -0.05) is 40.2 Å². The Labute approximate surface area is 155 Å². The molecule has 25 heavy (non-hydrogen) atoms. The fourth-order valence-electron chi connectivity index (χ4n) is 2.41. The molecule has 0 atom stereocenters. The molecule has 0 unspecified atom stereocenters. The molecule has 3 rings (SSSR count). The fourth-order valence-corrected chi connectivity index (χ4v) is 2.79. The standard InChI is InChI=1S/C20H20BrNO3/c1-13(2)24-12-15-5-3-14(4-6-15)11-22-20(23)19-10-16-9-17(21)7-8-18(16)25-19/h3-10,13H,11-12H2,1-2H3,(H,22,23). The molecule has 0 aliphatic heterocycles. The summed E-state index contributed by atoms with van der Waals surface area (Å²) in [6, 6.07) is 15.4. The number of rotatable bonds is 6. The van der Waals surface area contributed by atoms with Crippen molar-refractivity contribution in [1.82, 2.24) is 5.32 Å². The Balaban J connectivity index is 1.59. The molecule has 5 heteroatoms. The van der Waals surface area contributed by atoms with Crippen molar-refractivity contribution >= 4 is 32.8 Å². The van der Waals surface area contributed by atoms with Gasteiger partial charge in [0.15, 0.2) is 5.76 Å². The molecule has 0 saturated carbocycles. The zero-order chi connectivity index (χ0) is 17.8. The molecule has 0 fully saturated rings. The van der Waals surface area contributed by atoms with E-state index in [1.165, 1.54) is 0 Å². The van der Waals surface area contributed by atoms with E-state index in [0.717, 1.165) is 21.0 Å². The zero-order valence-corrected chi connectivity index (χ0v) is 15.8. The van der Waals surface area contributed by atoms with Gasteiger partial charge in [-0.15, -0.1) is 0 Å². The van der Waals surface area contributed by atoms with Gasteiger partial charge in [0.1, 0.15) is 5.58 Å². The van der Waals surface area contributed by atoms with Crippen molar-refractivity contribution in [3.05, 3.63) is 69.9 Å². The van der Waals surface area contributed by atoms with Crippen LogP contribution in [0.1, 0.15) is 35.5 Å². The minimum Gasteiger partial charge on any atom is -0.451 e. The first-order chi connectivity index (χ1) is 12.0. The van der Waals surface area contributed by atoms with E-state index in [1.807, 2.05) is 56.3 Å². The maximum absolute atomic E-state index is 12.3. The van der Waals surface area contributed by atoms with Crippen molar-refractivity contribution in [2.45, 2.75) is 33.1 Å². The summed E-state index contributed by atoms with van der Waals surface area (Å²) in [6.07, 6.45) is 0.211.